The molecular weight excluding hydrogens is 761 g/mol. The molecule has 8 heteroatoms. The van der Waals surface area contributed by atoms with Gasteiger partial charge in [-0.05, 0) is 112 Å². The number of rotatable bonds is 20. The number of hydrogen-bond donors (Lipinski definition) is 0. The maximum Gasteiger partial charge on any atom is 0.305 e. The van der Waals surface area contributed by atoms with Crippen molar-refractivity contribution in [2.75, 3.05) is 25.7 Å². The van der Waals surface area contributed by atoms with E-state index in [0.717, 1.165) is 68.9 Å². The minimum atomic E-state index is -0.208. The summed E-state index contributed by atoms with van der Waals surface area (Å²) in [6, 6.07) is 0. The third-order valence-electron chi connectivity index (χ3n) is 10.4. The van der Waals surface area contributed by atoms with E-state index in [0.29, 0.717) is 25.7 Å². The van der Waals surface area contributed by atoms with Gasteiger partial charge in [-0.3, -0.25) is 19.2 Å². The third kappa shape index (κ3) is 17.1. The maximum absolute atomic E-state index is 13.2. The van der Waals surface area contributed by atoms with E-state index < -0.39 is 0 Å². The molecule has 2 unspecified atom stereocenters. The summed E-state index contributed by atoms with van der Waals surface area (Å²) in [6.07, 6.45) is 32.7. The molecule has 2 atom stereocenters. The second-order valence-corrected chi connectivity index (χ2v) is 19.1. The SMILES string of the molecule is COC(=O)CCCSC1CC(C)(C)C(/C=C/C(C)=C/C=C/C(C)=C/C=C/C=C(C)/C=C/C=C(C)/C=C/C2=C(C)C(=O)C(SCCCC(=O)OC)CC2(C)C)=C(C)C1=O. The van der Waals surface area contributed by atoms with Gasteiger partial charge in [-0.1, -0.05) is 135 Å². The second kappa shape index (κ2) is 24.9. The van der Waals surface area contributed by atoms with Gasteiger partial charge in [0.1, 0.15) is 0 Å². The topological polar surface area (TPSA) is 86.7 Å². The number of carbonyl (C=O) groups is 4. The van der Waals surface area contributed by atoms with Gasteiger partial charge in [0.2, 0.25) is 0 Å². The zero-order chi connectivity index (χ0) is 43.5. The molecule has 0 saturated carbocycles. The summed E-state index contributed by atoms with van der Waals surface area (Å²) in [5.41, 5.74) is 8.03. The van der Waals surface area contributed by atoms with Crippen LogP contribution in [0.25, 0.3) is 0 Å². The quantitative estimate of drug-likeness (QED) is 0.0681. The van der Waals surface area contributed by atoms with Crippen molar-refractivity contribution >= 4 is 47.0 Å². The van der Waals surface area contributed by atoms with Gasteiger partial charge in [-0.2, -0.15) is 23.5 Å². The molecule has 2 rings (SSSR count). The van der Waals surface area contributed by atoms with Crippen LogP contribution in [0.2, 0.25) is 0 Å². The molecule has 6 nitrogen and oxygen atoms in total. The van der Waals surface area contributed by atoms with Gasteiger partial charge >= 0.3 is 11.9 Å². The molecule has 0 N–H and O–H groups in total. The molecule has 2 aliphatic carbocycles. The van der Waals surface area contributed by atoms with Crippen LogP contribution in [0.3, 0.4) is 0 Å². The largest absolute Gasteiger partial charge is 0.469 e. The Bertz CT molecular complexity index is 1700. The first-order valence-corrected chi connectivity index (χ1v) is 22.4. The van der Waals surface area contributed by atoms with E-state index in [-0.39, 0.29) is 44.8 Å². The number of carbonyl (C=O) groups excluding carboxylic acids is 4. The predicted octanol–water partition coefficient (Wildman–Crippen LogP) is 12.3. The van der Waals surface area contributed by atoms with Crippen molar-refractivity contribution in [3.05, 3.63) is 130 Å². The molecule has 0 bridgehead atoms. The molecule has 316 valence electrons. The van der Waals surface area contributed by atoms with E-state index in [9.17, 15) is 19.2 Å². The molecule has 0 heterocycles. The Morgan fingerprint density at radius 3 is 1.26 bits per heavy atom. The lowest BCUT2D eigenvalue weighted by Crippen LogP contribution is -2.34. The van der Waals surface area contributed by atoms with E-state index in [1.807, 2.05) is 38.2 Å². The van der Waals surface area contributed by atoms with Crippen molar-refractivity contribution in [2.45, 2.75) is 118 Å². The van der Waals surface area contributed by atoms with E-state index in [1.54, 1.807) is 23.5 Å². The summed E-state index contributed by atoms with van der Waals surface area (Å²) in [5, 5.41) is -0.167. The molecule has 0 aromatic carbocycles. The zero-order valence-electron chi connectivity index (χ0n) is 37.2. The summed E-state index contributed by atoms with van der Waals surface area (Å²) in [6.45, 7) is 21.0. The minimum absolute atomic E-state index is 0.0835. The van der Waals surface area contributed by atoms with E-state index in [1.165, 1.54) is 14.2 Å². The number of methoxy groups -OCH3 is 2. The predicted molar refractivity (Wildman–Crippen MR) is 248 cm³/mol. The first-order valence-electron chi connectivity index (χ1n) is 20.3. The van der Waals surface area contributed by atoms with Gasteiger partial charge < -0.3 is 9.47 Å². The first-order chi connectivity index (χ1) is 27.3. The Hall–Kier alpha value is -3.88. The average Bonchev–Trinajstić information content (AvgIpc) is 3.16. The highest BCUT2D eigenvalue weighted by Crippen LogP contribution is 2.44. The number of Topliss-reactive ketones (excluding diaryl/α,β-unsaturated/α-hetero) is 2. The van der Waals surface area contributed by atoms with Crippen molar-refractivity contribution in [2.24, 2.45) is 10.8 Å². The maximum atomic E-state index is 13.2. The van der Waals surface area contributed by atoms with Crippen molar-refractivity contribution < 1.29 is 28.7 Å². The lowest BCUT2D eigenvalue weighted by atomic mass is 9.72. The summed E-state index contributed by atoms with van der Waals surface area (Å²) >= 11 is 3.30. The minimum Gasteiger partial charge on any atom is -0.469 e. The van der Waals surface area contributed by atoms with Crippen molar-refractivity contribution in [3.63, 3.8) is 0 Å². The molecule has 0 aliphatic heterocycles. The fraction of sp³-hybridized carbons (Fsp3) is 0.480. The standard InChI is InChI=1S/C50H68O6S2/c1-35(21-15-23-37(3)27-29-41-39(5)47(53)43(33-49(41,7)8)57-31-17-25-45(51)55-11)19-13-14-20-36(2)22-16-24-38(4)28-30-42-40(6)48(54)44(34-50(42,9)10)58-32-18-26-46(52)56-12/h13-16,19-24,27-30,43-44H,17-18,25-26,31-34H2,1-12H3/b14-13+,21-15+,22-16+,29-27+,30-28+,35-19+,36-20+,37-23+,38-24+. The fourth-order valence-electron chi connectivity index (χ4n) is 6.92. The molecule has 0 aromatic rings. The highest BCUT2D eigenvalue weighted by molar-refractivity contribution is 8.00. The molecule has 2 aliphatic rings. The summed E-state index contributed by atoms with van der Waals surface area (Å²) < 4.78 is 9.45. The second-order valence-electron chi connectivity index (χ2n) is 16.5. The normalized spacial score (nSPS) is 21.2. The van der Waals surface area contributed by atoms with E-state index in [4.69, 9.17) is 9.47 Å². The first kappa shape index (κ1) is 50.3. The van der Waals surface area contributed by atoms with Gasteiger partial charge in [0.15, 0.2) is 11.6 Å². The lowest BCUT2D eigenvalue weighted by molar-refractivity contribution is -0.141. The monoisotopic (exact) mass is 828 g/mol. The number of hydrogen-bond acceptors (Lipinski definition) is 8. The molecule has 58 heavy (non-hydrogen) atoms. The highest BCUT2D eigenvalue weighted by Gasteiger charge is 2.39. The summed E-state index contributed by atoms with van der Waals surface area (Å²) in [5.74, 6) is 1.49. The molecular formula is C50H68O6S2. The average molecular weight is 829 g/mol. The van der Waals surface area contributed by atoms with Crippen LogP contribution in [0.5, 0.6) is 0 Å². The molecule has 0 saturated heterocycles. The molecule has 0 fully saturated rings. The molecule has 0 spiro atoms. The van der Waals surface area contributed by atoms with Gasteiger partial charge in [0, 0.05) is 12.8 Å². The highest BCUT2D eigenvalue weighted by atomic mass is 32.2. The Labute approximate surface area is 358 Å². The number of ether oxygens (including phenoxy) is 2. The van der Waals surface area contributed by atoms with E-state index >= 15 is 0 Å². The van der Waals surface area contributed by atoms with Gasteiger partial charge in [-0.25, -0.2) is 0 Å². The van der Waals surface area contributed by atoms with Crippen LogP contribution in [0.4, 0.5) is 0 Å². The van der Waals surface area contributed by atoms with Crippen molar-refractivity contribution in [3.8, 4) is 0 Å². The van der Waals surface area contributed by atoms with Crippen LogP contribution >= 0.6 is 23.5 Å². The van der Waals surface area contributed by atoms with Crippen molar-refractivity contribution in [1.82, 2.24) is 0 Å². The van der Waals surface area contributed by atoms with Crippen molar-refractivity contribution in [1.29, 1.82) is 0 Å². The summed E-state index contributed by atoms with van der Waals surface area (Å²) in [7, 11) is 2.80. The molecule has 0 aromatic heterocycles. The van der Waals surface area contributed by atoms with E-state index in [2.05, 4.69) is 116 Å². The number of allylic oxidation sites excluding steroid dienone is 22. The number of ketones is 2. The molecule has 0 amide bonds. The fourth-order valence-corrected chi connectivity index (χ4v) is 9.84. The Kier molecular flexibility index (Phi) is 21.6. The Morgan fingerprint density at radius 2 is 0.914 bits per heavy atom. The van der Waals surface area contributed by atoms with Gasteiger partial charge in [-0.15, -0.1) is 0 Å². The summed E-state index contributed by atoms with van der Waals surface area (Å²) in [4.78, 5) is 49.2. The van der Waals surface area contributed by atoms with Crippen LogP contribution in [0.1, 0.15) is 108 Å². The van der Waals surface area contributed by atoms with Crippen LogP contribution < -0.4 is 0 Å². The molecule has 0 radical (unpaired) electrons. The Morgan fingerprint density at radius 1 is 0.586 bits per heavy atom. The van der Waals surface area contributed by atoms with Crippen LogP contribution in [0, 0.1) is 10.8 Å². The van der Waals surface area contributed by atoms with Gasteiger partial charge in [0.05, 0.1) is 24.7 Å². The smallest absolute Gasteiger partial charge is 0.305 e. The zero-order valence-corrected chi connectivity index (χ0v) is 38.8. The number of thioether (sulfide) groups is 2. The van der Waals surface area contributed by atoms with Crippen LogP contribution in [-0.4, -0.2) is 59.7 Å². The number of esters is 2. The Balaban J connectivity index is 1.93. The van der Waals surface area contributed by atoms with Crippen LogP contribution in [0.15, 0.2) is 130 Å². The van der Waals surface area contributed by atoms with Crippen LogP contribution in [-0.2, 0) is 28.7 Å². The van der Waals surface area contributed by atoms with Gasteiger partial charge in [0.25, 0.3) is 0 Å². The lowest BCUT2D eigenvalue weighted by Gasteiger charge is -2.36. The third-order valence-corrected chi connectivity index (χ3v) is 13.0.